The maximum Gasteiger partial charge on any atom is 0.322 e. The van der Waals surface area contributed by atoms with Crippen LogP contribution in [0, 0.1) is 0 Å². The second-order valence-electron chi connectivity index (χ2n) is 4.87. The predicted octanol–water partition coefficient (Wildman–Crippen LogP) is 2.01. The van der Waals surface area contributed by atoms with Gasteiger partial charge in [-0.15, -0.1) is 0 Å². The number of carbonyl (C=O) groups is 1. The molecule has 1 atom stereocenters. The second kappa shape index (κ2) is 7.47. The highest BCUT2D eigenvalue weighted by Gasteiger charge is 2.18. The van der Waals surface area contributed by atoms with Crippen molar-refractivity contribution in [3.05, 3.63) is 59.7 Å². The van der Waals surface area contributed by atoms with Crippen molar-refractivity contribution in [2.24, 2.45) is 5.73 Å². The van der Waals surface area contributed by atoms with Gasteiger partial charge in [-0.05, 0) is 11.6 Å². The van der Waals surface area contributed by atoms with Crippen molar-refractivity contribution in [1.82, 2.24) is 0 Å². The fraction of sp³-hybridized carbons (Fsp3) is 0.235. The fourth-order valence-corrected chi connectivity index (χ4v) is 2.10. The van der Waals surface area contributed by atoms with Crippen LogP contribution in [-0.2, 0) is 22.6 Å². The Bertz CT molecular complexity index is 628. The molecule has 5 nitrogen and oxygen atoms in total. The van der Waals surface area contributed by atoms with E-state index in [0.717, 1.165) is 5.56 Å². The number of phenolic OH excluding ortho intramolecular Hbond substituents is 1. The molecule has 3 N–H and O–H groups in total. The summed E-state index contributed by atoms with van der Waals surface area (Å²) in [6.45, 7) is 0.318. The highest BCUT2D eigenvalue weighted by Crippen LogP contribution is 2.31. The zero-order valence-corrected chi connectivity index (χ0v) is 12.4. The van der Waals surface area contributed by atoms with E-state index in [1.807, 2.05) is 30.3 Å². The number of ether oxygens (including phenoxy) is 2. The van der Waals surface area contributed by atoms with E-state index in [1.54, 1.807) is 12.1 Å². The molecule has 2 rings (SSSR count). The lowest BCUT2D eigenvalue weighted by atomic mass is 10.0. The van der Waals surface area contributed by atoms with Crippen molar-refractivity contribution < 1.29 is 19.4 Å². The highest BCUT2D eigenvalue weighted by atomic mass is 16.5. The molecule has 0 aromatic heterocycles. The normalized spacial score (nSPS) is 11.7. The topological polar surface area (TPSA) is 81.8 Å². The molecule has 5 heteroatoms. The summed E-state index contributed by atoms with van der Waals surface area (Å²) in [6, 6.07) is 13.8. The summed E-state index contributed by atoms with van der Waals surface area (Å²) < 4.78 is 10.3. The lowest BCUT2D eigenvalue weighted by molar-refractivity contribution is -0.142. The van der Waals surface area contributed by atoms with Gasteiger partial charge in [-0.2, -0.15) is 0 Å². The van der Waals surface area contributed by atoms with Crippen LogP contribution in [0.3, 0.4) is 0 Å². The Balaban J connectivity index is 2.14. The third-order valence-electron chi connectivity index (χ3n) is 3.25. The summed E-state index contributed by atoms with van der Waals surface area (Å²) in [4.78, 5) is 11.4. The van der Waals surface area contributed by atoms with Crippen molar-refractivity contribution >= 4 is 5.97 Å². The van der Waals surface area contributed by atoms with Crippen LogP contribution in [-0.4, -0.2) is 24.2 Å². The van der Waals surface area contributed by atoms with E-state index in [-0.39, 0.29) is 12.2 Å². The van der Waals surface area contributed by atoms with E-state index in [2.05, 4.69) is 4.74 Å². The first-order chi connectivity index (χ1) is 10.6. The molecule has 0 aliphatic rings. The lowest BCUT2D eigenvalue weighted by Gasteiger charge is -2.15. The van der Waals surface area contributed by atoms with Crippen LogP contribution in [0.25, 0.3) is 0 Å². The summed E-state index contributed by atoms with van der Waals surface area (Å²) in [5.74, 6) is -0.145. The van der Waals surface area contributed by atoms with Gasteiger partial charge in [0.25, 0.3) is 0 Å². The summed E-state index contributed by atoms with van der Waals surface area (Å²) >= 11 is 0. The number of methoxy groups -OCH3 is 1. The van der Waals surface area contributed by atoms with Gasteiger partial charge >= 0.3 is 5.97 Å². The van der Waals surface area contributed by atoms with Crippen LogP contribution < -0.4 is 10.5 Å². The molecule has 0 heterocycles. The first-order valence-electron chi connectivity index (χ1n) is 6.92. The monoisotopic (exact) mass is 301 g/mol. The van der Waals surface area contributed by atoms with Gasteiger partial charge in [0.1, 0.15) is 12.6 Å². The van der Waals surface area contributed by atoms with E-state index >= 15 is 0 Å². The highest BCUT2D eigenvalue weighted by molar-refractivity contribution is 5.76. The van der Waals surface area contributed by atoms with Crippen molar-refractivity contribution in [3.63, 3.8) is 0 Å². The number of hydrogen-bond donors (Lipinski definition) is 2. The van der Waals surface area contributed by atoms with Crippen molar-refractivity contribution in [3.8, 4) is 11.5 Å². The van der Waals surface area contributed by atoms with Crippen LogP contribution in [0.2, 0.25) is 0 Å². The third-order valence-corrected chi connectivity index (χ3v) is 3.25. The quantitative estimate of drug-likeness (QED) is 0.798. The van der Waals surface area contributed by atoms with Gasteiger partial charge in [0.05, 0.1) is 7.11 Å². The molecule has 0 fully saturated rings. The number of nitrogens with two attached hydrogens (primary N) is 1. The molecule has 22 heavy (non-hydrogen) atoms. The van der Waals surface area contributed by atoms with Gasteiger partial charge in [0.2, 0.25) is 0 Å². The number of rotatable bonds is 6. The fourth-order valence-electron chi connectivity index (χ4n) is 2.10. The molecule has 0 saturated carbocycles. The summed E-state index contributed by atoms with van der Waals surface area (Å²) in [5.41, 5.74) is 7.42. The molecule has 2 aromatic carbocycles. The van der Waals surface area contributed by atoms with Gasteiger partial charge in [-0.3, -0.25) is 4.79 Å². The average molecular weight is 301 g/mol. The molecule has 0 aliphatic heterocycles. The molecule has 0 spiro atoms. The number of benzene rings is 2. The molecule has 2 aromatic rings. The van der Waals surface area contributed by atoms with E-state index in [0.29, 0.717) is 17.9 Å². The maximum atomic E-state index is 11.4. The summed E-state index contributed by atoms with van der Waals surface area (Å²) in [5, 5.41) is 10.00. The zero-order chi connectivity index (χ0) is 15.9. The molecule has 0 amide bonds. The molecule has 116 valence electrons. The molecular formula is C17H19NO4. The molecule has 0 bridgehead atoms. The Labute approximate surface area is 129 Å². The van der Waals surface area contributed by atoms with E-state index in [4.69, 9.17) is 10.5 Å². The smallest absolute Gasteiger partial charge is 0.322 e. The number of esters is 1. The van der Waals surface area contributed by atoms with E-state index < -0.39 is 12.0 Å². The lowest BCUT2D eigenvalue weighted by Crippen LogP contribution is -2.33. The minimum atomic E-state index is -0.800. The van der Waals surface area contributed by atoms with Crippen molar-refractivity contribution in [2.45, 2.75) is 19.1 Å². The Morgan fingerprint density at radius 2 is 1.91 bits per heavy atom. The van der Waals surface area contributed by atoms with E-state index in [1.165, 1.54) is 13.2 Å². The summed E-state index contributed by atoms with van der Waals surface area (Å²) in [7, 11) is 1.29. The molecule has 0 saturated heterocycles. The van der Waals surface area contributed by atoms with Crippen LogP contribution in [0.4, 0.5) is 0 Å². The Morgan fingerprint density at radius 3 is 2.59 bits per heavy atom. The summed E-state index contributed by atoms with van der Waals surface area (Å²) in [6.07, 6.45) is 0.227. The van der Waals surface area contributed by atoms with Crippen molar-refractivity contribution in [1.29, 1.82) is 0 Å². The van der Waals surface area contributed by atoms with Crippen LogP contribution in [0.15, 0.2) is 48.5 Å². The largest absolute Gasteiger partial charge is 0.504 e. The van der Waals surface area contributed by atoms with Crippen molar-refractivity contribution in [2.75, 3.05) is 7.11 Å². The number of carbonyl (C=O) groups excluding carboxylic acids is 1. The Hall–Kier alpha value is -2.53. The minimum absolute atomic E-state index is 0.0190. The number of aromatic hydroxyl groups is 1. The van der Waals surface area contributed by atoms with Gasteiger partial charge in [0, 0.05) is 12.0 Å². The SMILES string of the molecule is COC(=O)[C@@H](N)Cc1cccc(O)c1OCc1ccccc1. The maximum absolute atomic E-state index is 11.4. The number of phenols is 1. The number of para-hydroxylation sites is 1. The molecule has 0 radical (unpaired) electrons. The predicted molar refractivity (Wildman–Crippen MR) is 82.6 cm³/mol. The third kappa shape index (κ3) is 3.99. The molecular weight excluding hydrogens is 282 g/mol. The Kier molecular flexibility index (Phi) is 5.38. The molecule has 0 unspecified atom stereocenters. The molecule has 0 aliphatic carbocycles. The first kappa shape index (κ1) is 15.9. The zero-order valence-electron chi connectivity index (χ0n) is 12.4. The van der Waals surface area contributed by atoms with Crippen LogP contribution >= 0.6 is 0 Å². The minimum Gasteiger partial charge on any atom is -0.504 e. The van der Waals surface area contributed by atoms with Crippen LogP contribution in [0.5, 0.6) is 11.5 Å². The van der Waals surface area contributed by atoms with Gasteiger partial charge < -0.3 is 20.3 Å². The van der Waals surface area contributed by atoms with E-state index in [9.17, 15) is 9.90 Å². The van der Waals surface area contributed by atoms with Crippen LogP contribution in [0.1, 0.15) is 11.1 Å². The number of hydrogen-bond acceptors (Lipinski definition) is 5. The van der Waals surface area contributed by atoms with Gasteiger partial charge in [0.15, 0.2) is 11.5 Å². The standard InChI is InChI=1S/C17H19NO4/c1-21-17(20)14(18)10-13-8-5-9-15(19)16(13)22-11-12-6-3-2-4-7-12/h2-9,14,19H,10-11,18H2,1H3/t14-/m0/s1. The second-order valence-corrected chi connectivity index (χ2v) is 4.87. The Morgan fingerprint density at radius 1 is 1.18 bits per heavy atom. The average Bonchev–Trinajstić information content (AvgIpc) is 2.54. The van der Waals surface area contributed by atoms with Gasteiger partial charge in [-0.1, -0.05) is 42.5 Å². The van der Waals surface area contributed by atoms with Gasteiger partial charge in [-0.25, -0.2) is 0 Å². The first-order valence-corrected chi connectivity index (χ1v) is 6.92.